The number of carbonyl (C=O) groups excluding carboxylic acids is 1. The first-order valence-corrected chi connectivity index (χ1v) is 8.03. The molecule has 23 heavy (non-hydrogen) atoms. The standard InChI is InChI=1S/C16H17N5OS/c1-12-11-23-15(18-12)19-16(22)20(2)9-13-8-17-21(10-13)14-6-4-3-5-7-14/h3-8,10-11H,9H2,1-2H3,(H,18,19,22). The number of urea groups is 1. The van der Waals surface area contributed by atoms with Gasteiger partial charge in [0.25, 0.3) is 0 Å². The molecule has 2 heterocycles. The first-order valence-electron chi connectivity index (χ1n) is 7.15. The predicted molar refractivity (Wildman–Crippen MR) is 90.9 cm³/mol. The minimum absolute atomic E-state index is 0.188. The Balaban J connectivity index is 1.62. The van der Waals surface area contributed by atoms with Crippen LogP contribution < -0.4 is 5.32 Å². The van der Waals surface area contributed by atoms with Crippen LogP contribution >= 0.6 is 11.3 Å². The normalized spacial score (nSPS) is 10.5. The van der Waals surface area contributed by atoms with Gasteiger partial charge in [-0.3, -0.25) is 5.32 Å². The third kappa shape index (κ3) is 3.75. The van der Waals surface area contributed by atoms with Crippen molar-refractivity contribution in [3.8, 4) is 5.69 Å². The number of para-hydroxylation sites is 1. The number of nitrogens with zero attached hydrogens (tertiary/aromatic N) is 4. The van der Waals surface area contributed by atoms with E-state index in [0.29, 0.717) is 11.7 Å². The molecule has 0 aliphatic rings. The van der Waals surface area contributed by atoms with Crippen molar-refractivity contribution in [1.82, 2.24) is 19.7 Å². The van der Waals surface area contributed by atoms with Crippen LogP contribution in [0.3, 0.4) is 0 Å². The van der Waals surface area contributed by atoms with Gasteiger partial charge in [0.15, 0.2) is 5.13 Å². The number of benzene rings is 1. The molecule has 0 spiro atoms. The fourth-order valence-electron chi connectivity index (χ4n) is 2.11. The molecule has 0 saturated carbocycles. The molecular weight excluding hydrogens is 310 g/mol. The Labute approximate surface area is 138 Å². The smallest absolute Gasteiger partial charge is 0.323 e. The lowest BCUT2D eigenvalue weighted by Crippen LogP contribution is -2.30. The summed E-state index contributed by atoms with van der Waals surface area (Å²) < 4.78 is 1.80. The van der Waals surface area contributed by atoms with Crippen LogP contribution in [0.1, 0.15) is 11.3 Å². The quantitative estimate of drug-likeness (QED) is 0.799. The average Bonchev–Trinajstić information content (AvgIpc) is 3.17. The van der Waals surface area contributed by atoms with Gasteiger partial charge in [-0.25, -0.2) is 14.5 Å². The molecule has 7 heteroatoms. The minimum atomic E-state index is -0.188. The maximum absolute atomic E-state index is 12.2. The summed E-state index contributed by atoms with van der Waals surface area (Å²) in [6.07, 6.45) is 3.69. The molecule has 0 atom stereocenters. The summed E-state index contributed by atoms with van der Waals surface area (Å²) in [5.41, 5.74) is 2.85. The minimum Gasteiger partial charge on any atom is -0.323 e. The number of aromatic nitrogens is 3. The Morgan fingerprint density at radius 3 is 2.83 bits per heavy atom. The van der Waals surface area contributed by atoms with E-state index >= 15 is 0 Å². The van der Waals surface area contributed by atoms with Crippen molar-refractivity contribution < 1.29 is 4.79 Å². The number of hydrogen-bond acceptors (Lipinski definition) is 4. The van der Waals surface area contributed by atoms with Gasteiger partial charge in [0.05, 0.1) is 24.1 Å². The van der Waals surface area contributed by atoms with Gasteiger partial charge in [0.2, 0.25) is 0 Å². The van der Waals surface area contributed by atoms with Gasteiger partial charge in [-0.05, 0) is 19.1 Å². The third-order valence-electron chi connectivity index (χ3n) is 3.26. The van der Waals surface area contributed by atoms with Crippen molar-refractivity contribution in [2.24, 2.45) is 0 Å². The van der Waals surface area contributed by atoms with Crippen LogP contribution in [0, 0.1) is 6.92 Å². The van der Waals surface area contributed by atoms with Gasteiger partial charge in [0, 0.05) is 24.2 Å². The molecular formula is C16H17N5OS. The molecule has 0 bridgehead atoms. The molecule has 6 nitrogen and oxygen atoms in total. The van der Waals surface area contributed by atoms with Crippen LogP contribution in [0.2, 0.25) is 0 Å². The van der Waals surface area contributed by atoms with E-state index in [9.17, 15) is 4.79 Å². The number of thiazole rings is 1. The second-order valence-corrected chi connectivity index (χ2v) is 6.07. The van der Waals surface area contributed by atoms with Crippen molar-refractivity contribution in [3.63, 3.8) is 0 Å². The lowest BCUT2D eigenvalue weighted by molar-refractivity contribution is 0.220. The summed E-state index contributed by atoms with van der Waals surface area (Å²) in [6.45, 7) is 2.37. The van der Waals surface area contributed by atoms with Gasteiger partial charge in [0.1, 0.15) is 0 Å². The Bertz CT molecular complexity index is 796. The highest BCUT2D eigenvalue weighted by Gasteiger charge is 2.12. The van der Waals surface area contributed by atoms with Crippen molar-refractivity contribution in [2.75, 3.05) is 12.4 Å². The number of anilines is 1. The predicted octanol–water partition coefficient (Wildman–Crippen LogP) is 3.30. The molecule has 0 saturated heterocycles. The van der Waals surface area contributed by atoms with Crippen molar-refractivity contribution >= 4 is 22.5 Å². The fraction of sp³-hybridized carbons (Fsp3) is 0.188. The number of nitrogens with one attached hydrogen (secondary N) is 1. The van der Waals surface area contributed by atoms with Crippen LogP contribution in [-0.2, 0) is 6.54 Å². The zero-order chi connectivity index (χ0) is 16.2. The SMILES string of the molecule is Cc1csc(NC(=O)N(C)Cc2cnn(-c3ccccc3)c2)n1. The van der Waals surface area contributed by atoms with Gasteiger partial charge < -0.3 is 4.90 Å². The van der Waals surface area contributed by atoms with Crippen molar-refractivity contribution in [1.29, 1.82) is 0 Å². The Kier molecular flexibility index (Phi) is 4.38. The van der Waals surface area contributed by atoms with E-state index < -0.39 is 0 Å². The Morgan fingerprint density at radius 2 is 2.13 bits per heavy atom. The van der Waals surface area contributed by atoms with Crippen LogP contribution in [0.25, 0.3) is 5.69 Å². The molecule has 0 aliphatic carbocycles. The average molecular weight is 327 g/mol. The summed E-state index contributed by atoms with van der Waals surface area (Å²) >= 11 is 1.42. The van der Waals surface area contributed by atoms with E-state index in [1.54, 1.807) is 22.8 Å². The van der Waals surface area contributed by atoms with E-state index in [0.717, 1.165) is 16.9 Å². The molecule has 3 rings (SSSR count). The number of carbonyl (C=O) groups is 1. The summed E-state index contributed by atoms with van der Waals surface area (Å²) in [7, 11) is 1.75. The maximum atomic E-state index is 12.2. The summed E-state index contributed by atoms with van der Waals surface area (Å²) in [5, 5.41) is 9.64. The molecule has 2 amide bonds. The largest absolute Gasteiger partial charge is 0.323 e. The van der Waals surface area contributed by atoms with Crippen LogP contribution in [0.5, 0.6) is 0 Å². The molecule has 2 aromatic heterocycles. The number of rotatable bonds is 4. The maximum Gasteiger partial charge on any atom is 0.323 e. The van der Waals surface area contributed by atoms with E-state index in [2.05, 4.69) is 15.4 Å². The van der Waals surface area contributed by atoms with Crippen LogP contribution in [-0.4, -0.2) is 32.7 Å². The van der Waals surface area contributed by atoms with Gasteiger partial charge in [-0.1, -0.05) is 18.2 Å². The van der Waals surface area contributed by atoms with E-state index in [4.69, 9.17) is 0 Å². The highest BCUT2D eigenvalue weighted by atomic mass is 32.1. The number of amides is 2. The van der Waals surface area contributed by atoms with Crippen molar-refractivity contribution in [3.05, 3.63) is 59.4 Å². The Morgan fingerprint density at radius 1 is 1.35 bits per heavy atom. The highest BCUT2D eigenvalue weighted by molar-refractivity contribution is 7.13. The first-order chi connectivity index (χ1) is 11.1. The summed E-state index contributed by atoms with van der Waals surface area (Å²) in [4.78, 5) is 18.0. The third-order valence-corrected chi connectivity index (χ3v) is 4.13. The van der Waals surface area contributed by atoms with Gasteiger partial charge >= 0.3 is 6.03 Å². The number of hydrogen-bond donors (Lipinski definition) is 1. The monoisotopic (exact) mass is 327 g/mol. The number of aryl methyl sites for hydroxylation is 1. The molecule has 1 aromatic carbocycles. The van der Waals surface area contributed by atoms with E-state index in [1.807, 2.05) is 48.8 Å². The van der Waals surface area contributed by atoms with E-state index in [1.165, 1.54) is 11.3 Å². The van der Waals surface area contributed by atoms with Gasteiger partial charge in [-0.15, -0.1) is 11.3 Å². The molecule has 0 radical (unpaired) electrons. The molecule has 0 fully saturated rings. The lowest BCUT2D eigenvalue weighted by Gasteiger charge is -2.15. The lowest BCUT2D eigenvalue weighted by atomic mass is 10.3. The topological polar surface area (TPSA) is 63.1 Å². The van der Waals surface area contributed by atoms with Crippen molar-refractivity contribution in [2.45, 2.75) is 13.5 Å². The summed E-state index contributed by atoms with van der Waals surface area (Å²) in [5.74, 6) is 0. The first kappa shape index (κ1) is 15.2. The zero-order valence-electron chi connectivity index (χ0n) is 12.9. The van der Waals surface area contributed by atoms with E-state index in [-0.39, 0.29) is 6.03 Å². The molecule has 0 unspecified atom stereocenters. The second-order valence-electron chi connectivity index (χ2n) is 5.21. The second kappa shape index (κ2) is 6.62. The molecule has 1 N–H and O–H groups in total. The summed E-state index contributed by atoms with van der Waals surface area (Å²) in [6, 6.07) is 9.67. The zero-order valence-corrected chi connectivity index (χ0v) is 13.7. The molecule has 0 aliphatic heterocycles. The van der Waals surface area contributed by atoms with Gasteiger partial charge in [-0.2, -0.15) is 5.10 Å². The molecule has 118 valence electrons. The highest BCUT2D eigenvalue weighted by Crippen LogP contribution is 2.15. The molecule has 3 aromatic rings. The Hall–Kier alpha value is -2.67. The fourth-order valence-corrected chi connectivity index (χ4v) is 2.79. The van der Waals surface area contributed by atoms with Crippen LogP contribution in [0.4, 0.5) is 9.93 Å². The van der Waals surface area contributed by atoms with Crippen LogP contribution in [0.15, 0.2) is 48.1 Å².